The highest BCUT2D eigenvalue weighted by atomic mass is 35.5. The van der Waals surface area contributed by atoms with Crippen LogP contribution in [0.5, 0.6) is 0 Å². The lowest BCUT2D eigenvalue weighted by molar-refractivity contribution is 0.0697. The Hall–Kier alpha value is -2.01. The van der Waals surface area contributed by atoms with E-state index in [-0.39, 0.29) is 24.8 Å². The highest BCUT2D eigenvalue weighted by Crippen LogP contribution is 2.33. The maximum absolute atomic E-state index is 11.0. The minimum absolute atomic E-state index is 0. The summed E-state index contributed by atoms with van der Waals surface area (Å²) in [4.78, 5) is 11.0. The van der Waals surface area contributed by atoms with Crippen molar-refractivity contribution in [2.24, 2.45) is 0 Å². The molecule has 0 atom stereocenters. The van der Waals surface area contributed by atoms with Crippen LogP contribution in [0.4, 0.5) is 0 Å². The number of halogens is 2. The molecule has 0 unspecified atom stereocenters. The lowest BCUT2D eigenvalue weighted by Crippen LogP contribution is -2.26. The number of hydrogen-bond acceptors (Lipinski definition) is 2. The Morgan fingerprint density at radius 1 is 1.04 bits per heavy atom. The van der Waals surface area contributed by atoms with Gasteiger partial charge in [0.2, 0.25) is 0 Å². The first kappa shape index (κ1) is 21.3. The number of aromatic carboxylic acids is 1. The van der Waals surface area contributed by atoms with Crippen LogP contribution in [0.1, 0.15) is 40.2 Å². The Morgan fingerprint density at radius 3 is 2.37 bits per heavy atom. The zero-order chi connectivity index (χ0) is 17.2. The molecular formula is C21H24Cl2N2O2. The molecule has 0 aliphatic carbocycles. The fourth-order valence-corrected chi connectivity index (χ4v) is 3.81. The van der Waals surface area contributed by atoms with E-state index in [9.17, 15) is 4.79 Å². The molecule has 0 bridgehead atoms. The molecule has 0 saturated carbocycles. The molecule has 2 heterocycles. The van der Waals surface area contributed by atoms with Crippen molar-refractivity contribution in [3.63, 3.8) is 0 Å². The average Bonchev–Trinajstić information content (AvgIpc) is 3.02. The lowest BCUT2D eigenvalue weighted by atomic mass is 9.90. The van der Waals surface area contributed by atoms with Gasteiger partial charge in [-0.2, -0.15) is 0 Å². The summed E-state index contributed by atoms with van der Waals surface area (Å²) in [6.07, 6.45) is 4.66. The zero-order valence-corrected chi connectivity index (χ0v) is 16.6. The van der Waals surface area contributed by atoms with E-state index in [1.165, 1.54) is 29.3 Å². The molecule has 4 rings (SSSR count). The molecule has 1 aliphatic heterocycles. The number of carboxylic acid groups (broad SMARTS) is 1. The summed E-state index contributed by atoms with van der Waals surface area (Å²) in [5, 5.41) is 13.8. The molecule has 144 valence electrons. The Balaban J connectivity index is 0.00000131. The third-order valence-corrected chi connectivity index (χ3v) is 5.15. The Labute approximate surface area is 171 Å². The van der Waals surface area contributed by atoms with Gasteiger partial charge in [0.25, 0.3) is 0 Å². The van der Waals surface area contributed by atoms with Gasteiger partial charge in [-0.25, -0.2) is 4.79 Å². The first-order chi connectivity index (χ1) is 12.2. The summed E-state index contributed by atoms with van der Waals surface area (Å²) in [6, 6.07) is 15.7. The quantitative estimate of drug-likeness (QED) is 0.659. The molecule has 3 aromatic rings. The molecule has 1 aliphatic rings. The first-order valence-corrected chi connectivity index (χ1v) is 8.83. The molecule has 6 heteroatoms. The van der Waals surface area contributed by atoms with Gasteiger partial charge in [0.15, 0.2) is 0 Å². The molecular weight excluding hydrogens is 383 g/mol. The van der Waals surface area contributed by atoms with E-state index in [0.29, 0.717) is 11.5 Å². The summed E-state index contributed by atoms with van der Waals surface area (Å²) in [7, 11) is 0. The van der Waals surface area contributed by atoms with Gasteiger partial charge in [0.1, 0.15) is 0 Å². The molecule has 2 aromatic carbocycles. The van der Waals surface area contributed by atoms with Gasteiger partial charge in [-0.3, -0.25) is 0 Å². The smallest absolute Gasteiger partial charge is 0.335 e. The van der Waals surface area contributed by atoms with Crippen molar-refractivity contribution in [2.45, 2.75) is 25.3 Å². The number of piperidine rings is 1. The van der Waals surface area contributed by atoms with Crippen LogP contribution >= 0.6 is 24.8 Å². The number of carbonyl (C=O) groups is 1. The molecule has 0 amide bonds. The van der Waals surface area contributed by atoms with E-state index in [0.717, 1.165) is 25.2 Å². The van der Waals surface area contributed by atoms with Gasteiger partial charge in [-0.15, -0.1) is 24.8 Å². The third-order valence-electron chi connectivity index (χ3n) is 5.15. The van der Waals surface area contributed by atoms with Crippen LogP contribution in [0.25, 0.3) is 10.9 Å². The van der Waals surface area contributed by atoms with Crippen LogP contribution in [-0.4, -0.2) is 28.7 Å². The topological polar surface area (TPSA) is 54.3 Å². The number of nitrogens with one attached hydrogen (secondary N) is 1. The Kier molecular flexibility index (Phi) is 7.31. The number of para-hydroxylation sites is 1. The third kappa shape index (κ3) is 4.46. The van der Waals surface area contributed by atoms with Gasteiger partial charge in [-0.1, -0.05) is 30.3 Å². The molecule has 27 heavy (non-hydrogen) atoms. The van der Waals surface area contributed by atoms with Crippen molar-refractivity contribution >= 4 is 41.7 Å². The molecule has 1 saturated heterocycles. The molecule has 0 radical (unpaired) electrons. The van der Waals surface area contributed by atoms with Crippen molar-refractivity contribution in [3.05, 3.63) is 71.4 Å². The lowest BCUT2D eigenvalue weighted by Gasteiger charge is -2.22. The van der Waals surface area contributed by atoms with Crippen LogP contribution < -0.4 is 5.32 Å². The maximum atomic E-state index is 11.0. The largest absolute Gasteiger partial charge is 0.478 e. The second-order valence-electron chi connectivity index (χ2n) is 6.76. The summed E-state index contributed by atoms with van der Waals surface area (Å²) >= 11 is 0. The monoisotopic (exact) mass is 406 g/mol. The predicted octanol–water partition coefficient (Wildman–Crippen LogP) is 4.70. The summed E-state index contributed by atoms with van der Waals surface area (Å²) < 4.78 is 2.29. The minimum Gasteiger partial charge on any atom is -0.478 e. The normalized spacial score (nSPS) is 14.4. The molecule has 0 spiro atoms. The van der Waals surface area contributed by atoms with E-state index in [1.54, 1.807) is 12.1 Å². The van der Waals surface area contributed by atoms with Gasteiger partial charge in [0.05, 0.1) is 5.56 Å². The summed E-state index contributed by atoms with van der Waals surface area (Å²) in [5.41, 5.74) is 4.14. The molecule has 2 N–H and O–H groups in total. The van der Waals surface area contributed by atoms with Gasteiger partial charge in [-0.05, 0) is 61.2 Å². The van der Waals surface area contributed by atoms with Crippen LogP contribution in [0.2, 0.25) is 0 Å². The number of rotatable bonds is 4. The Bertz CT molecular complexity index is 900. The van der Waals surface area contributed by atoms with Gasteiger partial charge < -0.3 is 15.0 Å². The van der Waals surface area contributed by atoms with Crippen molar-refractivity contribution in [1.29, 1.82) is 0 Å². The minimum atomic E-state index is -0.883. The van der Waals surface area contributed by atoms with Crippen LogP contribution in [0, 0.1) is 0 Å². The number of aromatic nitrogens is 1. The SMILES string of the molecule is Cl.Cl.O=C(O)c1ccc(Cn2cc(C3CCNCC3)c3ccccc32)cc1. The fourth-order valence-electron chi connectivity index (χ4n) is 3.81. The van der Waals surface area contributed by atoms with Crippen molar-refractivity contribution < 1.29 is 9.90 Å². The number of hydrogen-bond donors (Lipinski definition) is 2. The number of benzene rings is 2. The van der Waals surface area contributed by atoms with E-state index < -0.39 is 5.97 Å². The van der Waals surface area contributed by atoms with E-state index in [1.807, 2.05) is 12.1 Å². The maximum Gasteiger partial charge on any atom is 0.335 e. The fraction of sp³-hybridized carbons (Fsp3) is 0.286. The Morgan fingerprint density at radius 2 is 1.70 bits per heavy atom. The molecule has 1 fully saturated rings. The van der Waals surface area contributed by atoms with E-state index >= 15 is 0 Å². The molecule has 4 nitrogen and oxygen atoms in total. The number of nitrogens with zero attached hydrogens (tertiary/aromatic N) is 1. The van der Waals surface area contributed by atoms with Crippen molar-refractivity contribution in [3.8, 4) is 0 Å². The molecule has 1 aromatic heterocycles. The zero-order valence-electron chi connectivity index (χ0n) is 14.9. The second-order valence-corrected chi connectivity index (χ2v) is 6.76. The van der Waals surface area contributed by atoms with Gasteiger partial charge in [0, 0.05) is 23.6 Å². The number of fused-ring (bicyclic) bond motifs is 1. The highest BCUT2D eigenvalue weighted by Gasteiger charge is 2.20. The van der Waals surface area contributed by atoms with Crippen LogP contribution in [0.15, 0.2) is 54.7 Å². The van der Waals surface area contributed by atoms with Crippen molar-refractivity contribution in [1.82, 2.24) is 9.88 Å². The van der Waals surface area contributed by atoms with E-state index in [4.69, 9.17) is 5.11 Å². The standard InChI is InChI=1S/C21H22N2O2.2ClH/c24-21(25)17-7-5-15(6-8-17)13-23-14-19(16-9-11-22-12-10-16)18-3-1-2-4-20(18)23;;/h1-8,14,16,22H,9-13H2,(H,24,25);2*1H. The highest BCUT2D eigenvalue weighted by molar-refractivity contribution is 5.87. The van der Waals surface area contributed by atoms with Gasteiger partial charge >= 0.3 is 5.97 Å². The predicted molar refractivity (Wildman–Crippen MR) is 114 cm³/mol. The van der Waals surface area contributed by atoms with Crippen LogP contribution in [-0.2, 0) is 6.54 Å². The van der Waals surface area contributed by atoms with Crippen molar-refractivity contribution in [2.75, 3.05) is 13.1 Å². The second kappa shape index (κ2) is 9.27. The van der Waals surface area contributed by atoms with Crippen LogP contribution in [0.3, 0.4) is 0 Å². The summed E-state index contributed by atoms with van der Waals surface area (Å²) in [5.74, 6) is -0.270. The summed E-state index contributed by atoms with van der Waals surface area (Å²) in [6.45, 7) is 2.92. The first-order valence-electron chi connectivity index (χ1n) is 8.83. The van der Waals surface area contributed by atoms with E-state index in [2.05, 4.69) is 40.3 Å². The number of carboxylic acids is 1. The average molecular weight is 407 g/mol.